The van der Waals surface area contributed by atoms with Gasteiger partial charge in [-0.3, -0.25) is 19.7 Å². The summed E-state index contributed by atoms with van der Waals surface area (Å²) in [5.74, 6) is -0.483. The SMILES string of the molecule is O=C1CCC[C@H](N2Cc3csc(CCl)c3C2=O)C(=O)N1. The normalized spacial score (nSPS) is 22.8. The Morgan fingerprint density at radius 3 is 2.95 bits per heavy atom. The van der Waals surface area contributed by atoms with Gasteiger partial charge in [0.25, 0.3) is 5.91 Å². The third kappa shape index (κ3) is 2.13. The fraction of sp³-hybridized carbons (Fsp3) is 0.462. The number of carbonyl (C=O) groups is 3. The van der Waals surface area contributed by atoms with Crippen LogP contribution in [0.2, 0.25) is 0 Å². The minimum Gasteiger partial charge on any atom is -0.322 e. The lowest BCUT2D eigenvalue weighted by Crippen LogP contribution is -2.47. The predicted molar refractivity (Wildman–Crippen MR) is 74.5 cm³/mol. The van der Waals surface area contributed by atoms with E-state index in [0.717, 1.165) is 10.4 Å². The molecule has 1 aromatic rings. The van der Waals surface area contributed by atoms with E-state index in [0.29, 0.717) is 37.3 Å². The Bertz CT molecular complexity index is 598. The van der Waals surface area contributed by atoms with Gasteiger partial charge in [0.05, 0.1) is 11.4 Å². The van der Waals surface area contributed by atoms with E-state index in [9.17, 15) is 14.4 Å². The Balaban J connectivity index is 1.86. The third-order valence-electron chi connectivity index (χ3n) is 3.70. The maximum Gasteiger partial charge on any atom is 0.256 e. The first-order chi connectivity index (χ1) is 9.61. The Kier molecular flexibility index (Phi) is 3.52. The lowest BCUT2D eigenvalue weighted by Gasteiger charge is -2.25. The summed E-state index contributed by atoms with van der Waals surface area (Å²) in [6.07, 6.45) is 1.47. The molecule has 2 aliphatic rings. The summed E-state index contributed by atoms with van der Waals surface area (Å²) >= 11 is 7.32. The van der Waals surface area contributed by atoms with Gasteiger partial charge in [0.15, 0.2) is 0 Å². The molecule has 2 aliphatic heterocycles. The number of alkyl halides is 1. The van der Waals surface area contributed by atoms with Gasteiger partial charge < -0.3 is 4.90 Å². The predicted octanol–water partition coefficient (Wildman–Crippen LogP) is 1.64. The topological polar surface area (TPSA) is 66.5 Å². The van der Waals surface area contributed by atoms with Crippen molar-refractivity contribution in [1.29, 1.82) is 0 Å². The van der Waals surface area contributed by atoms with Gasteiger partial charge in [-0.1, -0.05) is 0 Å². The molecule has 1 saturated heterocycles. The number of hydrogen-bond acceptors (Lipinski definition) is 4. The van der Waals surface area contributed by atoms with Crippen molar-refractivity contribution in [2.24, 2.45) is 0 Å². The van der Waals surface area contributed by atoms with Crippen molar-refractivity contribution in [2.45, 2.75) is 37.7 Å². The molecular formula is C13H13ClN2O3S. The molecule has 3 amide bonds. The molecule has 0 spiro atoms. The zero-order valence-corrected chi connectivity index (χ0v) is 12.2. The Hall–Kier alpha value is -1.40. The standard InChI is InChI=1S/C13H13ClN2O3S/c14-4-9-11-7(6-20-9)5-16(13(11)19)8-2-1-3-10(17)15-12(8)18/h6,8H,1-5H2,(H,15,17,18)/t8-/m0/s1. The van der Waals surface area contributed by atoms with Crippen LogP contribution in [0.5, 0.6) is 0 Å². The number of halogens is 1. The number of hydrogen-bond donors (Lipinski definition) is 1. The molecule has 0 aromatic carbocycles. The van der Waals surface area contributed by atoms with Crippen molar-refractivity contribution in [3.8, 4) is 0 Å². The molecule has 106 valence electrons. The van der Waals surface area contributed by atoms with Crippen LogP contribution in [-0.4, -0.2) is 28.7 Å². The number of thiophene rings is 1. The van der Waals surface area contributed by atoms with Crippen LogP contribution in [0.15, 0.2) is 5.38 Å². The molecule has 1 N–H and O–H groups in total. The number of carbonyl (C=O) groups excluding carboxylic acids is 3. The van der Waals surface area contributed by atoms with Crippen molar-refractivity contribution in [3.05, 3.63) is 21.4 Å². The van der Waals surface area contributed by atoms with Crippen LogP contribution in [-0.2, 0) is 22.0 Å². The maximum atomic E-state index is 12.5. The minimum atomic E-state index is -0.561. The second-order valence-electron chi connectivity index (χ2n) is 4.95. The summed E-state index contributed by atoms with van der Waals surface area (Å²) in [4.78, 5) is 38.3. The molecule has 20 heavy (non-hydrogen) atoms. The van der Waals surface area contributed by atoms with Crippen molar-refractivity contribution in [2.75, 3.05) is 0 Å². The Morgan fingerprint density at radius 1 is 1.40 bits per heavy atom. The number of fused-ring (bicyclic) bond motifs is 1. The number of amides is 3. The molecule has 0 saturated carbocycles. The van der Waals surface area contributed by atoms with Crippen LogP contribution in [0, 0.1) is 0 Å². The van der Waals surface area contributed by atoms with Crippen LogP contribution < -0.4 is 5.32 Å². The molecule has 3 heterocycles. The minimum absolute atomic E-state index is 0.147. The molecular weight excluding hydrogens is 300 g/mol. The summed E-state index contributed by atoms with van der Waals surface area (Å²) < 4.78 is 0. The van der Waals surface area contributed by atoms with Crippen molar-refractivity contribution < 1.29 is 14.4 Å². The number of nitrogens with zero attached hydrogens (tertiary/aromatic N) is 1. The molecule has 5 nitrogen and oxygen atoms in total. The molecule has 7 heteroatoms. The first-order valence-electron chi connectivity index (χ1n) is 6.41. The first-order valence-corrected chi connectivity index (χ1v) is 7.83. The van der Waals surface area contributed by atoms with Crippen LogP contribution in [0.1, 0.15) is 40.1 Å². The van der Waals surface area contributed by atoms with Crippen molar-refractivity contribution in [3.63, 3.8) is 0 Å². The number of rotatable bonds is 2. The average molecular weight is 313 g/mol. The smallest absolute Gasteiger partial charge is 0.256 e. The lowest BCUT2D eigenvalue weighted by atomic mass is 10.1. The highest BCUT2D eigenvalue weighted by atomic mass is 35.5. The Labute approximate surface area is 124 Å². The lowest BCUT2D eigenvalue weighted by molar-refractivity contribution is -0.132. The molecule has 3 rings (SSSR count). The van der Waals surface area contributed by atoms with E-state index >= 15 is 0 Å². The fourth-order valence-electron chi connectivity index (χ4n) is 2.73. The van der Waals surface area contributed by atoms with E-state index in [4.69, 9.17) is 11.6 Å². The van der Waals surface area contributed by atoms with E-state index in [2.05, 4.69) is 5.32 Å². The quantitative estimate of drug-likeness (QED) is 0.667. The van der Waals surface area contributed by atoms with Crippen LogP contribution in [0.4, 0.5) is 0 Å². The molecule has 1 atom stereocenters. The monoisotopic (exact) mass is 312 g/mol. The van der Waals surface area contributed by atoms with Gasteiger partial charge in [0.2, 0.25) is 11.8 Å². The molecule has 1 aromatic heterocycles. The van der Waals surface area contributed by atoms with Gasteiger partial charge in [0, 0.05) is 17.8 Å². The van der Waals surface area contributed by atoms with Crippen molar-refractivity contribution in [1.82, 2.24) is 10.2 Å². The largest absolute Gasteiger partial charge is 0.322 e. The Morgan fingerprint density at radius 2 is 2.20 bits per heavy atom. The molecule has 0 bridgehead atoms. The van der Waals surface area contributed by atoms with E-state index in [1.54, 1.807) is 4.90 Å². The zero-order valence-electron chi connectivity index (χ0n) is 10.6. The first kappa shape index (κ1) is 13.6. The number of nitrogens with one attached hydrogen (secondary N) is 1. The molecule has 0 unspecified atom stereocenters. The van der Waals surface area contributed by atoms with Gasteiger partial charge in [-0.05, 0) is 23.8 Å². The van der Waals surface area contributed by atoms with Crippen LogP contribution in [0.25, 0.3) is 0 Å². The maximum absolute atomic E-state index is 12.5. The van der Waals surface area contributed by atoms with Gasteiger partial charge in [-0.25, -0.2) is 0 Å². The molecule has 0 aliphatic carbocycles. The average Bonchev–Trinajstić information content (AvgIpc) is 2.90. The van der Waals surface area contributed by atoms with Gasteiger partial charge in [-0.15, -0.1) is 22.9 Å². The highest BCUT2D eigenvalue weighted by Crippen LogP contribution is 2.34. The van der Waals surface area contributed by atoms with E-state index in [1.165, 1.54) is 11.3 Å². The molecule has 0 radical (unpaired) electrons. The van der Waals surface area contributed by atoms with Crippen molar-refractivity contribution >= 4 is 40.7 Å². The van der Waals surface area contributed by atoms with Crippen LogP contribution >= 0.6 is 22.9 Å². The zero-order chi connectivity index (χ0) is 14.3. The van der Waals surface area contributed by atoms with Gasteiger partial charge in [0.1, 0.15) is 6.04 Å². The summed E-state index contributed by atoms with van der Waals surface area (Å²) in [6.45, 7) is 0.424. The highest BCUT2D eigenvalue weighted by molar-refractivity contribution is 7.10. The van der Waals surface area contributed by atoms with Gasteiger partial charge in [-0.2, -0.15) is 0 Å². The summed E-state index contributed by atoms with van der Waals surface area (Å²) in [5, 5.41) is 4.26. The fourth-order valence-corrected chi connectivity index (χ4v) is 3.93. The second kappa shape index (κ2) is 5.18. The third-order valence-corrected chi connectivity index (χ3v) is 5.16. The number of imide groups is 1. The van der Waals surface area contributed by atoms with E-state index in [-0.39, 0.29) is 17.7 Å². The molecule has 1 fully saturated rings. The van der Waals surface area contributed by atoms with E-state index in [1.807, 2.05) is 5.38 Å². The summed E-state index contributed by atoms with van der Waals surface area (Å²) in [6, 6.07) is -0.561. The highest BCUT2D eigenvalue weighted by Gasteiger charge is 2.39. The second-order valence-corrected chi connectivity index (χ2v) is 6.18. The summed E-state index contributed by atoms with van der Waals surface area (Å²) in [7, 11) is 0. The van der Waals surface area contributed by atoms with E-state index < -0.39 is 6.04 Å². The summed E-state index contributed by atoms with van der Waals surface area (Å²) in [5.41, 5.74) is 1.58. The van der Waals surface area contributed by atoms with Crippen LogP contribution in [0.3, 0.4) is 0 Å². The van der Waals surface area contributed by atoms with Gasteiger partial charge >= 0.3 is 0 Å².